The third-order valence-corrected chi connectivity index (χ3v) is 3.93. The van der Waals surface area contributed by atoms with Crippen LogP contribution in [0.2, 0.25) is 0 Å². The number of aromatic nitrogens is 2. The second-order valence-electron chi connectivity index (χ2n) is 5.48. The summed E-state index contributed by atoms with van der Waals surface area (Å²) in [6.45, 7) is 8.02. The fourth-order valence-corrected chi connectivity index (χ4v) is 2.57. The molecule has 0 bridgehead atoms. The Balaban J connectivity index is 1.78. The molecule has 2 heterocycles. The maximum atomic E-state index is 12.1. The van der Waals surface area contributed by atoms with Crippen molar-refractivity contribution in [1.82, 2.24) is 25.3 Å². The number of rotatable bonds is 6. The molecule has 0 aliphatic carbocycles. The summed E-state index contributed by atoms with van der Waals surface area (Å²) in [7, 11) is 1.91. The van der Waals surface area contributed by atoms with Crippen molar-refractivity contribution < 1.29 is 9.32 Å². The van der Waals surface area contributed by atoms with E-state index in [-0.39, 0.29) is 11.9 Å². The third kappa shape index (κ3) is 4.25. The first kappa shape index (κ1) is 15.9. The number of nitrogens with zero attached hydrogens (tertiary/aromatic N) is 4. The summed E-state index contributed by atoms with van der Waals surface area (Å²) < 4.78 is 5.23. The zero-order valence-corrected chi connectivity index (χ0v) is 13.1. The first-order chi connectivity index (χ1) is 10.1. The van der Waals surface area contributed by atoms with Crippen molar-refractivity contribution in [1.29, 1.82) is 0 Å². The molecule has 1 amide bonds. The number of carbonyl (C=O) groups is 1. The molecule has 1 fully saturated rings. The van der Waals surface area contributed by atoms with Gasteiger partial charge in [0.2, 0.25) is 11.8 Å². The lowest BCUT2D eigenvalue weighted by atomic mass is 10.2. The molecule has 2 rings (SSSR count). The van der Waals surface area contributed by atoms with E-state index in [0.29, 0.717) is 18.1 Å². The van der Waals surface area contributed by atoms with Crippen LogP contribution < -0.4 is 5.32 Å². The predicted molar refractivity (Wildman–Crippen MR) is 78.8 cm³/mol. The first-order valence-electron chi connectivity index (χ1n) is 7.58. The molecule has 1 aliphatic rings. The van der Waals surface area contributed by atoms with Gasteiger partial charge in [-0.05, 0) is 33.9 Å². The summed E-state index contributed by atoms with van der Waals surface area (Å²) in [6.07, 6.45) is 1.52. The van der Waals surface area contributed by atoms with Gasteiger partial charge in [-0.15, -0.1) is 0 Å². The number of hydrogen-bond donors (Lipinski definition) is 1. The van der Waals surface area contributed by atoms with E-state index >= 15 is 0 Å². The Morgan fingerprint density at radius 1 is 1.38 bits per heavy atom. The predicted octanol–water partition coefficient (Wildman–Crippen LogP) is 0.583. The molecule has 0 aromatic carbocycles. The molecule has 21 heavy (non-hydrogen) atoms. The number of carbonyl (C=O) groups excluding carboxylic acids is 1. The van der Waals surface area contributed by atoms with E-state index in [1.54, 1.807) is 0 Å². The normalized spacial score (nSPS) is 18.0. The van der Waals surface area contributed by atoms with Gasteiger partial charge >= 0.3 is 0 Å². The Bertz CT molecular complexity index is 454. The van der Waals surface area contributed by atoms with Crippen molar-refractivity contribution in [3.05, 3.63) is 11.7 Å². The van der Waals surface area contributed by atoms with Gasteiger partial charge in [0.1, 0.15) is 0 Å². The average Bonchev–Trinajstić information content (AvgIpc) is 2.93. The molecule has 1 aromatic heterocycles. The number of piperazine rings is 1. The second kappa shape index (κ2) is 7.51. The molecular weight excluding hydrogens is 270 g/mol. The van der Waals surface area contributed by atoms with Crippen molar-refractivity contribution in [2.75, 3.05) is 39.8 Å². The molecule has 1 N–H and O–H groups in total. The van der Waals surface area contributed by atoms with Crippen molar-refractivity contribution in [3.8, 4) is 0 Å². The summed E-state index contributed by atoms with van der Waals surface area (Å²) in [5, 5.41) is 6.90. The quantitative estimate of drug-likeness (QED) is 0.774. The molecule has 1 unspecified atom stereocenters. The zero-order chi connectivity index (χ0) is 15.2. The van der Waals surface area contributed by atoms with Crippen LogP contribution in [0, 0.1) is 6.92 Å². The topological polar surface area (TPSA) is 74.5 Å². The Labute approximate surface area is 125 Å². The van der Waals surface area contributed by atoms with Crippen molar-refractivity contribution >= 4 is 5.91 Å². The third-order valence-electron chi connectivity index (χ3n) is 3.93. The minimum Gasteiger partial charge on any atom is -0.340 e. The fourth-order valence-electron chi connectivity index (χ4n) is 2.57. The van der Waals surface area contributed by atoms with Crippen molar-refractivity contribution in [2.45, 2.75) is 32.7 Å². The smallest absolute Gasteiger partial charge is 0.243 e. The minimum absolute atomic E-state index is 0.104. The van der Waals surface area contributed by atoms with E-state index in [0.717, 1.165) is 39.1 Å². The van der Waals surface area contributed by atoms with E-state index < -0.39 is 0 Å². The first-order valence-corrected chi connectivity index (χ1v) is 7.58. The highest BCUT2D eigenvalue weighted by Gasteiger charge is 2.26. The standard InChI is InChI=1S/C14H25N5O2/c1-11(14-16-12(2)17-21-14)18-7-9-19(10-8-18)13(20)5-4-6-15-3/h11,15H,4-10H2,1-3H3. The van der Waals surface area contributed by atoms with E-state index in [1.165, 1.54) is 0 Å². The van der Waals surface area contributed by atoms with Gasteiger partial charge in [0.15, 0.2) is 5.82 Å². The van der Waals surface area contributed by atoms with Crippen LogP contribution in [0.3, 0.4) is 0 Å². The molecule has 1 saturated heterocycles. The molecule has 0 radical (unpaired) electrons. The molecule has 118 valence electrons. The van der Waals surface area contributed by atoms with E-state index in [4.69, 9.17) is 4.52 Å². The van der Waals surface area contributed by atoms with Crippen LogP contribution in [0.5, 0.6) is 0 Å². The van der Waals surface area contributed by atoms with Crippen LogP contribution in [0.1, 0.15) is 37.5 Å². The Morgan fingerprint density at radius 3 is 2.67 bits per heavy atom. The number of amides is 1. The van der Waals surface area contributed by atoms with Crippen molar-refractivity contribution in [3.63, 3.8) is 0 Å². The van der Waals surface area contributed by atoms with Crippen LogP contribution in [-0.4, -0.2) is 65.6 Å². The van der Waals surface area contributed by atoms with E-state index in [9.17, 15) is 4.79 Å². The lowest BCUT2D eigenvalue weighted by Gasteiger charge is -2.36. The maximum absolute atomic E-state index is 12.1. The van der Waals surface area contributed by atoms with Crippen LogP contribution in [0.15, 0.2) is 4.52 Å². The highest BCUT2D eigenvalue weighted by Crippen LogP contribution is 2.20. The van der Waals surface area contributed by atoms with Crippen LogP contribution in [0.25, 0.3) is 0 Å². The largest absolute Gasteiger partial charge is 0.340 e. The molecule has 7 nitrogen and oxygen atoms in total. The average molecular weight is 295 g/mol. The number of nitrogens with one attached hydrogen (secondary N) is 1. The van der Waals surface area contributed by atoms with E-state index in [2.05, 4.69) is 27.3 Å². The number of aryl methyl sites for hydroxylation is 1. The maximum Gasteiger partial charge on any atom is 0.243 e. The van der Waals surface area contributed by atoms with Gasteiger partial charge in [-0.1, -0.05) is 5.16 Å². The summed E-state index contributed by atoms with van der Waals surface area (Å²) in [5.41, 5.74) is 0. The van der Waals surface area contributed by atoms with Crippen LogP contribution in [-0.2, 0) is 4.79 Å². The zero-order valence-electron chi connectivity index (χ0n) is 13.1. The van der Waals surface area contributed by atoms with Crippen LogP contribution in [0.4, 0.5) is 0 Å². The van der Waals surface area contributed by atoms with Gasteiger partial charge in [-0.2, -0.15) is 4.98 Å². The molecule has 1 aromatic rings. The van der Waals surface area contributed by atoms with Crippen LogP contribution >= 0.6 is 0 Å². The molecule has 1 atom stereocenters. The lowest BCUT2D eigenvalue weighted by molar-refractivity contribution is -0.133. The van der Waals surface area contributed by atoms with Gasteiger partial charge < -0.3 is 14.7 Å². The fraction of sp³-hybridized carbons (Fsp3) is 0.786. The second-order valence-corrected chi connectivity index (χ2v) is 5.48. The Hall–Kier alpha value is -1.47. The number of hydrogen-bond acceptors (Lipinski definition) is 6. The van der Waals surface area contributed by atoms with Gasteiger partial charge in [-0.25, -0.2) is 0 Å². The van der Waals surface area contributed by atoms with Crippen molar-refractivity contribution in [2.24, 2.45) is 0 Å². The van der Waals surface area contributed by atoms with Gasteiger partial charge in [0.25, 0.3) is 0 Å². The molecule has 0 saturated carbocycles. The van der Waals surface area contributed by atoms with Gasteiger partial charge in [0.05, 0.1) is 6.04 Å². The highest BCUT2D eigenvalue weighted by atomic mass is 16.5. The minimum atomic E-state index is 0.104. The monoisotopic (exact) mass is 295 g/mol. The summed E-state index contributed by atoms with van der Waals surface area (Å²) in [6, 6.07) is 0.104. The van der Waals surface area contributed by atoms with Gasteiger partial charge in [0, 0.05) is 32.6 Å². The summed E-state index contributed by atoms with van der Waals surface area (Å²) in [4.78, 5) is 20.6. The van der Waals surface area contributed by atoms with E-state index in [1.807, 2.05) is 18.9 Å². The Kier molecular flexibility index (Phi) is 5.69. The summed E-state index contributed by atoms with van der Waals surface area (Å²) >= 11 is 0. The molecule has 1 aliphatic heterocycles. The molecule has 7 heteroatoms. The molecule has 0 spiro atoms. The SMILES string of the molecule is CNCCCC(=O)N1CCN(C(C)c2nc(C)no2)CC1. The lowest BCUT2D eigenvalue weighted by Crippen LogP contribution is -2.49. The Morgan fingerprint density at radius 2 is 2.10 bits per heavy atom. The van der Waals surface area contributed by atoms with Gasteiger partial charge in [-0.3, -0.25) is 9.69 Å². The summed E-state index contributed by atoms with van der Waals surface area (Å²) in [5.74, 6) is 1.57. The highest BCUT2D eigenvalue weighted by molar-refractivity contribution is 5.76. The molecular formula is C14H25N5O2.